The van der Waals surface area contributed by atoms with Crippen molar-refractivity contribution in [2.45, 2.75) is 25.2 Å². The standard InChI is InChI=1S/C19H20ClN3O3S/c1-3-23(4-2)27(25,26)18-13-16(8-9-17(18)20)22-19(24)15-7-5-6-14(12-15)10-11-21/h5-9,12-13H,3-4,10H2,1-2H3,(H,22,24). The van der Waals surface area contributed by atoms with Crippen molar-refractivity contribution in [2.75, 3.05) is 18.4 Å². The lowest BCUT2D eigenvalue weighted by Gasteiger charge is -2.19. The Morgan fingerprint density at radius 3 is 2.52 bits per heavy atom. The maximum Gasteiger partial charge on any atom is 0.255 e. The topological polar surface area (TPSA) is 90.3 Å². The van der Waals surface area contributed by atoms with Crippen LogP contribution in [0.4, 0.5) is 5.69 Å². The highest BCUT2D eigenvalue weighted by molar-refractivity contribution is 7.89. The summed E-state index contributed by atoms with van der Waals surface area (Å²) in [5, 5.41) is 11.6. The van der Waals surface area contributed by atoms with E-state index >= 15 is 0 Å². The number of carbonyl (C=O) groups excluding carboxylic acids is 1. The molecule has 0 radical (unpaired) electrons. The second kappa shape index (κ2) is 9.00. The smallest absolute Gasteiger partial charge is 0.255 e. The molecule has 0 aliphatic heterocycles. The first kappa shape index (κ1) is 20.9. The molecule has 0 fully saturated rings. The fourth-order valence-corrected chi connectivity index (χ4v) is 4.56. The number of benzene rings is 2. The predicted octanol–water partition coefficient (Wildman–Crippen LogP) is 3.69. The molecule has 142 valence electrons. The van der Waals surface area contributed by atoms with Crippen molar-refractivity contribution in [2.24, 2.45) is 0 Å². The highest BCUT2D eigenvalue weighted by atomic mass is 35.5. The van der Waals surface area contributed by atoms with Gasteiger partial charge in [-0.25, -0.2) is 8.42 Å². The zero-order valence-electron chi connectivity index (χ0n) is 15.1. The van der Waals surface area contributed by atoms with Crippen LogP contribution in [0.25, 0.3) is 0 Å². The third kappa shape index (κ3) is 4.86. The molecule has 0 bridgehead atoms. The molecular formula is C19H20ClN3O3S. The number of halogens is 1. The molecule has 0 aliphatic rings. The SMILES string of the molecule is CCN(CC)S(=O)(=O)c1cc(NC(=O)c2cccc(CC#N)c2)ccc1Cl. The Labute approximate surface area is 164 Å². The van der Waals surface area contributed by atoms with Crippen LogP contribution >= 0.6 is 11.6 Å². The lowest BCUT2D eigenvalue weighted by molar-refractivity contribution is 0.102. The van der Waals surface area contributed by atoms with Gasteiger partial charge in [0.15, 0.2) is 0 Å². The maximum absolute atomic E-state index is 12.7. The molecule has 0 heterocycles. The lowest BCUT2D eigenvalue weighted by atomic mass is 10.1. The molecule has 0 aromatic heterocycles. The van der Waals surface area contributed by atoms with Gasteiger partial charge in [0.2, 0.25) is 10.0 Å². The molecule has 2 aromatic carbocycles. The van der Waals surface area contributed by atoms with Crippen molar-refractivity contribution >= 4 is 33.2 Å². The molecule has 0 saturated heterocycles. The summed E-state index contributed by atoms with van der Waals surface area (Å²) < 4.78 is 26.8. The summed E-state index contributed by atoms with van der Waals surface area (Å²) in [5.74, 6) is -0.400. The summed E-state index contributed by atoms with van der Waals surface area (Å²) in [4.78, 5) is 12.4. The van der Waals surface area contributed by atoms with Crippen LogP contribution < -0.4 is 5.32 Å². The first-order valence-electron chi connectivity index (χ1n) is 8.40. The van der Waals surface area contributed by atoms with Gasteiger partial charge in [-0.2, -0.15) is 9.57 Å². The van der Waals surface area contributed by atoms with Gasteiger partial charge in [0, 0.05) is 24.3 Å². The van der Waals surface area contributed by atoms with Crippen LogP contribution in [0.2, 0.25) is 5.02 Å². The molecule has 27 heavy (non-hydrogen) atoms. The average molecular weight is 406 g/mol. The number of nitrogens with zero attached hydrogens (tertiary/aromatic N) is 2. The first-order chi connectivity index (χ1) is 12.8. The summed E-state index contributed by atoms with van der Waals surface area (Å²) >= 11 is 6.10. The van der Waals surface area contributed by atoms with E-state index in [1.54, 1.807) is 44.2 Å². The Bertz CT molecular complexity index is 980. The molecule has 0 saturated carbocycles. The molecule has 0 aliphatic carbocycles. The Kier molecular flexibility index (Phi) is 6.97. The summed E-state index contributed by atoms with van der Waals surface area (Å²) in [7, 11) is -3.75. The molecule has 8 heteroatoms. The van der Waals surface area contributed by atoms with Gasteiger partial charge < -0.3 is 5.32 Å². The van der Waals surface area contributed by atoms with Crippen LogP contribution in [0.5, 0.6) is 0 Å². The van der Waals surface area contributed by atoms with E-state index in [4.69, 9.17) is 16.9 Å². The van der Waals surface area contributed by atoms with Crippen molar-refractivity contribution < 1.29 is 13.2 Å². The number of nitriles is 1. The second-order valence-electron chi connectivity index (χ2n) is 5.72. The predicted molar refractivity (Wildman–Crippen MR) is 105 cm³/mol. The van der Waals surface area contributed by atoms with Crippen LogP contribution in [0, 0.1) is 11.3 Å². The average Bonchev–Trinajstić information content (AvgIpc) is 2.64. The van der Waals surface area contributed by atoms with Gasteiger partial charge in [-0.1, -0.05) is 37.6 Å². The minimum atomic E-state index is -3.75. The molecule has 6 nitrogen and oxygen atoms in total. The van der Waals surface area contributed by atoms with Crippen molar-refractivity contribution in [3.63, 3.8) is 0 Å². The quantitative estimate of drug-likeness (QED) is 0.760. The van der Waals surface area contributed by atoms with Gasteiger partial charge in [-0.15, -0.1) is 0 Å². The number of rotatable bonds is 7. The molecular weight excluding hydrogens is 386 g/mol. The monoisotopic (exact) mass is 405 g/mol. The lowest BCUT2D eigenvalue weighted by Crippen LogP contribution is -2.30. The van der Waals surface area contributed by atoms with Gasteiger partial charge >= 0.3 is 0 Å². The highest BCUT2D eigenvalue weighted by Crippen LogP contribution is 2.28. The third-order valence-electron chi connectivity index (χ3n) is 3.98. The van der Waals surface area contributed by atoms with E-state index < -0.39 is 15.9 Å². The van der Waals surface area contributed by atoms with Gasteiger partial charge in [0.1, 0.15) is 4.90 Å². The number of hydrogen-bond acceptors (Lipinski definition) is 4. The van der Waals surface area contributed by atoms with Crippen molar-refractivity contribution in [3.05, 3.63) is 58.6 Å². The van der Waals surface area contributed by atoms with E-state index in [1.165, 1.54) is 16.4 Å². The number of anilines is 1. The Morgan fingerprint density at radius 1 is 1.19 bits per heavy atom. The number of amides is 1. The van der Waals surface area contributed by atoms with Crippen LogP contribution in [0.15, 0.2) is 47.4 Å². The van der Waals surface area contributed by atoms with Gasteiger partial charge in [-0.3, -0.25) is 4.79 Å². The summed E-state index contributed by atoms with van der Waals surface area (Å²) in [6, 6.07) is 13.1. The minimum Gasteiger partial charge on any atom is -0.322 e. The minimum absolute atomic E-state index is 0.0519. The van der Waals surface area contributed by atoms with E-state index in [2.05, 4.69) is 5.32 Å². The van der Waals surface area contributed by atoms with Crippen LogP contribution in [0.1, 0.15) is 29.8 Å². The molecule has 1 amide bonds. The van der Waals surface area contributed by atoms with Gasteiger partial charge in [0.05, 0.1) is 17.5 Å². The number of sulfonamides is 1. The summed E-state index contributed by atoms with van der Waals surface area (Å²) in [6.45, 7) is 4.12. The van der Waals surface area contributed by atoms with E-state index in [0.717, 1.165) is 5.56 Å². The summed E-state index contributed by atoms with van der Waals surface area (Å²) in [5.41, 5.74) is 1.43. The van der Waals surface area contributed by atoms with E-state index in [-0.39, 0.29) is 16.3 Å². The van der Waals surface area contributed by atoms with E-state index in [0.29, 0.717) is 24.3 Å². The van der Waals surface area contributed by atoms with Crippen molar-refractivity contribution in [3.8, 4) is 6.07 Å². The molecule has 2 aromatic rings. The first-order valence-corrected chi connectivity index (χ1v) is 10.2. The molecule has 0 atom stereocenters. The van der Waals surface area contributed by atoms with Gasteiger partial charge in [0.25, 0.3) is 5.91 Å². The largest absolute Gasteiger partial charge is 0.322 e. The number of nitrogens with one attached hydrogen (secondary N) is 1. The third-order valence-corrected chi connectivity index (χ3v) is 6.52. The Balaban J connectivity index is 2.32. The second-order valence-corrected chi connectivity index (χ2v) is 8.04. The molecule has 0 spiro atoms. The molecule has 0 unspecified atom stereocenters. The van der Waals surface area contributed by atoms with Crippen molar-refractivity contribution in [1.29, 1.82) is 5.26 Å². The van der Waals surface area contributed by atoms with E-state index in [9.17, 15) is 13.2 Å². The zero-order chi connectivity index (χ0) is 20.0. The van der Waals surface area contributed by atoms with E-state index in [1.807, 2.05) is 6.07 Å². The molecule has 2 rings (SSSR count). The van der Waals surface area contributed by atoms with Crippen LogP contribution in [-0.2, 0) is 16.4 Å². The van der Waals surface area contributed by atoms with Gasteiger partial charge in [-0.05, 0) is 35.9 Å². The fraction of sp³-hybridized carbons (Fsp3) is 0.263. The maximum atomic E-state index is 12.7. The van der Waals surface area contributed by atoms with Crippen LogP contribution in [-0.4, -0.2) is 31.7 Å². The molecule has 1 N–H and O–H groups in total. The number of hydrogen-bond donors (Lipinski definition) is 1. The fourth-order valence-electron chi connectivity index (χ4n) is 2.60. The summed E-state index contributed by atoms with van der Waals surface area (Å²) in [6.07, 6.45) is 0.203. The number of carbonyl (C=O) groups is 1. The Morgan fingerprint density at radius 2 is 1.89 bits per heavy atom. The normalized spacial score (nSPS) is 11.2. The highest BCUT2D eigenvalue weighted by Gasteiger charge is 2.25. The Hall–Kier alpha value is -2.40. The zero-order valence-corrected chi connectivity index (χ0v) is 16.6. The van der Waals surface area contributed by atoms with Crippen LogP contribution in [0.3, 0.4) is 0 Å². The van der Waals surface area contributed by atoms with Crippen molar-refractivity contribution in [1.82, 2.24) is 4.31 Å².